The van der Waals surface area contributed by atoms with Gasteiger partial charge in [-0.2, -0.15) is 0 Å². The zero-order chi connectivity index (χ0) is 29.8. The molecular formula is C20H30O4. The molecule has 0 N–H and O–H groups in total. The minimum absolute atomic E-state index is 0.221. The summed E-state index contributed by atoms with van der Waals surface area (Å²) in [4.78, 5) is 25.0. The molecule has 0 spiro atoms. The number of hydrogen-bond acceptors (Lipinski definition) is 4. The highest BCUT2D eigenvalue weighted by atomic mass is 16.5. The molecule has 134 valence electrons. The summed E-state index contributed by atoms with van der Waals surface area (Å²) in [6.45, 7) is -13.3. The van der Waals surface area contributed by atoms with Crippen molar-refractivity contribution in [3.05, 3.63) is 35.4 Å². The normalized spacial score (nSPS) is 22.5. The molecule has 0 radical (unpaired) electrons. The first-order chi connectivity index (χ1) is 17.0. The second-order valence-corrected chi connectivity index (χ2v) is 4.98. The summed E-state index contributed by atoms with van der Waals surface area (Å²) in [6, 6.07) is 5.34. The van der Waals surface area contributed by atoms with Crippen LogP contribution in [0.4, 0.5) is 0 Å². The highest BCUT2D eigenvalue weighted by Crippen LogP contribution is 2.13. The number of benzene rings is 1. The molecule has 24 heavy (non-hydrogen) atoms. The summed E-state index contributed by atoms with van der Waals surface area (Å²) >= 11 is 0. The lowest BCUT2D eigenvalue weighted by atomic mass is 10.1. The van der Waals surface area contributed by atoms with Gasteiger partial charge in [0.2, 0.25) is 0 Å². The Morgan fingerprint density at radius 2 is 1.33 bits per heavy atom. The highest BCUT2D eigenvalue weighted by molar-refractivity contribution is 6.03. The van der Waals surface area contributed by atoms with Gasteiger partial charge in [0.1, 0.15) is 0 Å². The van der Waals surface area contributed by atoms with Crippen LogP contribution >= 0.6 is 0 Å². The first-order valence-corrected chi connectivity index (χ1v) is 7.43. The standard InChI is InChI=1S/C20H30O4/c1-15(2)9-7-13-23-19(21)17-11-5-6-12-18(17)20(22)24-14-8-10-16(3)4/h5-6,11-12,15-16H,7-10,13-14H2,1-4H3/i1D3,2D3,3D3,4D3,15D,16D. The lowest BCUT2D eigenvalue weighted by Gasteiger charge is -2.11. The summed E-state index contributed by atoms with van der Waals surface area (Å²) in [5.41, 5.74) is -0.442. The van der Waals surface area contributed by atoms with Crippen molar-refractivity contribution in [2.24, 2.45) is 11.8 Å². The SMILES string of the molecule is [2H]C([2H])([2H])C([2H])(CCCOC(=O)c1ccccc1C(=O)OCCCC([2H])(C([2H])([2H])[2H])C([2H])([2H])[2H])C([2H])([2H])[2H]. The Morgan fingerprint density at radius 3 is 1.71 bits per heavy atom. The van der Waals surface area contributed by atoms with Crippen LogP contribution in [0.3, 0.4) is 0 Å². The fourth-order valence-electron chi connectivity index (χ4n) is 1.82. The van der Waals surface area contributed by atoms with Gasteiger partial charge in [-0.15, -0.1) is 0 Å². The van der Waals surface area contributed by atoms with E-state index in [0.29, 0.717) is 0 Å². The van der Waals surface area contributed by atoms with Gasteiger partial charge >= 0.3 is 11.9 Å². The maximum atomic E-state index is 12.5. The van der Waals surface area contributed by atoms with Crippen molar-refractivity contribution in [2.75, 3.05) is 13.2 Å². The van der Waals surface area contributed by atoms with Gasteiger partial charge in [-0.1, -0.05) is 39.5 Å². The molecule has 4 heteroatoms. The van der Waals surface area contributed by atoms with E-state index in [2.05, 4.69) is 0 Å². The molecule has 1 rings (SSSR count). The zero-order valence-electron chi connectivity index (χ0n) is 27.2. The van der Waals surface area contributed by atoms with Gasteiger partial charge in [0.25, 0.3) is 0 Å². The molecule has 0 aliphatic heterocycles. The van der Waals surface area contributed by atoms with Gasteiger partial charge in [-0.05, 0) is 49.6 Å². The molecule has 0 fully saturated rings. The molecule has 0 saturated carbocycles. The van der Waals surface area contributed by atoms with E-state index in [4.69, 9.17) is 28.7 Å². The quantitative estimate of drug-likeness (QED) is 0.447. The van der Waals surface area contributed by atoms with E-state index < -0.39 is 77.2 Å². The van der Waals surface area contributed by atoms with Gasteiger partial charge in [0.05, 0.1) is 24.3 Å². The maximum absolute atomic E-state index is 12.5. The minimum atomic E-state index is -3.11. The van der Waals surface area contributed by atoms with Crippen LogP contribution in [0.25, 0.3) is 0 Å². The van der Waals surface area contributed by atoms with Crippen molar-refractivity contribution >= 4 is 11.9 Å². The predicted molar refractivity (Wildman–Crippen MR) is 95.2 cm³/mol. The van der Waals surface area contributed by atoms with E-state index in [9.17, 15) is 9.59 Å². The number of rotatable bonds is 10. The van der Waals surface area contributed by atoms with E-state index in [1.54, 1.807) is 0 Å². The summed E-state index contributed by atoms with van der Waals surface area (Å²) in [7, 11) is 0. The summed E-state index contributed by atoms with van der Waals surface area (Å²) in [5.74, 6) is -7.51. The topological polar surface area (TPSA) is 52.6 Å². The van der Waals surface area contributed by atoms with E-state index in [-0.39, 0.29) is 24.0 Å². The average molecular weight is 349 g/mol. The molecule has 0 unspecified atom stereocenters. The largest absolute Gasteiger partial charge is 0.462 e. The number of carbonyl (C=O) groups excluding carboxylic acids is 2. The van der Waals surface area contributed by atoms with Gasteiger partial charge in [-0.25, -0.2) is 9.59 Å². The number of esters is 2. The molecule has 1 aromatic carbocycles. The van der Waals surface area contributed by atoms with Crippen LogP contribution in [-0.4, -0.2) is 25.2 Å². The molecule has 0 aromatic heterocycles. The Hall–Kier alpha value is -1.84. The van der Waals surface area contributed by atoms with Crippen molar-refractivity contribution in [3.63, 3.8) is 0 Å². The summed E-state index contributed by atoms with van der Waals surface area (Å²) < 4.78 is 115. The van der Waals surface area contributed by atoms with E-state index in [1.807, 2.05) is 0 Å². The molecule has 0 aliphatic rings. The maximum Gasteiger partial charge on any atom is 0.339 e. The van der Waals surface area contributed by atoms with Crippen LogP contribution < -0.4 is 0 Å². The van der Waals surface area contributed by atoms with Crippen molar-refractivity contribution in [1.82, 2.24) is 0 Å². The van der Waals surface area contributed by atoms with Crippen LogP contribution in [0.5, 0.6) is 0 Å². The molecular weight excluding hydrogens is 304 g/mol. The molecule has 0 bridgehead atoms. The number of hydrogen-bond donors (Lipinski definition) is 0. The van der Waals surface area contributed by atoms with Crippen LogP contribution in [-0.2, 0) is 9.47 Å². The highest BCUT2D eigenvalue weighted by Gasteiger charge is 2.18. The fraction of sp³-hybridized carbons (Fsp3) is 0.600. The fourth-order valence-corrected chi connectivity index (χ4v) is 1.82. The molecule has 1 aromatic rings. The third-order valence-corrected chi connectivity index (χ3v) is 2.98. The molecule has 0 atom stereocenters. The van der Waals surface area contributed by atoms with Crippen LogP contribution in [0.2, 0.25) is 0 Å². The minimum Gasteiger partial charge on any atom is -0.462 e. The Morgan fingerprint density at radius 1 is 0.917 bits per heavy atom. The first kappa shape index (κ1) is 7.59. The zero-order valence-corrected chi connectivity index (χ0v) is 13.2. The molecule has 0 aliphatic carbocycles. The molecule has 0 amide bonds. The Bertz CT molecular complexity index is 857. The third-order valence-electron chi connectivity index (χ3n) is 2.98. The summed E-state index contributed by atoms with van der Waals surface area (Å²) in [6.07, 6.45) is -1.72. The molecule has 0 heterocycles. The van der Waals surface area contributed by atoms with Gasteiger partial charge < -0.3 is 9.47 Å². The Kier molecular flexibility index (Phi) is 3.43. The second-order valence-electron chi connectivity index (χ2n) is 4.98. The van der Waals surface area contributed by atoms with Gasteiger partial charge in [0, 0.05) is 19.2 Å². The molecule has 4 nitrogen and oxygen atoms in total. The van der Waals surface area contributed by atoms with Crippen LogP contribution in [0, 0.1) is 11.8 Å². The summed E-state index contributed by atoms with van der Waals surface area (Å²) in [5, 5.41) is 0. The number of ether oxygens (including phenoxy) is 2. The van der Waals surface area contributed by atoms with Crippen molar-refractivity contribution < 1.29 is 38.3 Å². The van der Waals surface area contributed by atoms with E-state index in [0.717, 1.165) is 0 Å². The van der Waals surface area contributed by atoms with Crippen LogP contribution in [0.15, 0.2) is 24.3 Å². The lowest BCUT2D eigenvalue weighted by molar-refractivity contribution is 0.0447. The van der Waals surface area contributed by atoms with Crippen molar-refractivity contribution in [3.8, 4) is 0 Å². The van der Waals surface area contributed by atoms with Crippen molar-refractivity contribution in [2.45, 2.75) is 53.1 Å². The van der Waals surface area contributed by atoms with Crippen molar-refractivity contribution in [1.29, 1.82) is 0 Å². The van der Waals surface area contributed by atoms with Gasteiger partial charge in [0.15, 0.2) is 0 Å². The molecule has 0 saturated heterocycles. The number of carbonyl (C=O) groups is 2. The average Bonchev–Trinajstić information content (AvgIpc) is 2.75. The van der Waals surface area contributed by atoms with E-state index in [1.165, 1.54) is 24.3 Å². The third kappa shape index (κ3) is 7.62. The smallest absolute Gasteiger partial charge is 0.339 e. The first-order valence-electron chi connectivity index (χ1n) is 14.4. The predicted octanol–water partition coefficient (Wildman–Crippen LogP) is 4.87. The lowest BCUT2D eigenvalue weighted by Crippen LogP contribution is -2.15. The van der Waals surface area contributed by atoms with Crippen LogP contribution in [0.1, 0.15) is 93.0 Å². The van der Waals surface area contributed by atoms with E-state index >= 15 is 0 Å². The Labute approximate surface area is 165 Å². The van der Waals surface area contributed by atoms with Gasteiger partial charge in [-0.3, -0.25) is 0 Å². The second kappa shape index (κ2) is 10.8. The monoisotopic (exact) mass is 348 g/mol. The Balaban J connectivity index is 2.79.